The van der Waals surface area contributed by atoms with E-state index >= 15 is 0 Å². The van der Waals surface area contributed by atoms with Crippen LogP contribution in [-0.4, -0.2) is 25.3 Å². The van der Waals surface area contributed by atoms with Crippen LogP contribution in [0.15, 0.2) is 12.1 Å². The Kier molecular flexibility index (Phi) is 5.69. The molecule has 0 saturated carbocycles. The van der Waals surface area contributed by atoms with Gasteiger partial charge in [0.2, 0.25) is 0 Å². The maximum absolute atomic E-state index is 13.1. The molecule has 1 unspecified atom stereocenters. The van der Waals surface area contributed by atoms with Crippen LogP contribution in [0.25, 0.3) is 0 Å². The average molecular weight is 289 g/mol. The molecule has 3 N–H and O–H groups in total. The van der Waals surface area contributed by atoms with Crippen LogP contribution in [0.5, 0.6) is 11.5 Å². The summed E-state index contributed by atoms with van der Waals surface area (Å²) in [6.45, 7) is 0. The van der Waals surface area contributed by atoms with Gasteiger partial charge in [-0.3, -0.25) is 4.79 Å². The van der Waals surface area contributed by atoms with Gasteiger partial charge in [-0.2, -0.15) is 0 Å². The first kappa shape index (κ1) is 16.2. The molecule has 0 aliphatic rings. The number of methoxy groups -OCH3 is 2. The zero-order chi connectivity index (χ0) is 15.3. The lowest BCUT2D eigenvalue weighted by Crippen LogP contribution is -2.15. The summed E-state index contributed by atoms with van der Waals surface area (Å²) in [6.07, 6.45) is -2.87. The number of carboxylic acids is 1. The van der Waals surface area contributed by atoms with Crippen molar-refractivity contribution in [1.29, 1.82) is 0 Å². The predicted octanol–water partition coefficient (Wildman–Crippen LogP) is 2.51. The predicted molar refractivity (Wildman–Crippen MR) is 68.3 cm³/mol. The van der Waals surface area contributed by atoms with Crippen molar-refractivity contribution in [3.63, 3.8) is 0 Å². The zero-order valence-electron chi connectivity index (χ0n) is 11.2. The Morgan fingerprint density at radius 2 is 1.75 bits per heavy atom. The number of hydrogen-bond acceptors (Lipinski definition) is 4. The summed E-state index contributed by atoms with van der Waals surface area (Å²) in [5.41, 5.74) is 5.69. The molecule has 1 aromatic carbocycles. The molecule has 0 amide bonds. The van der Waals surface area contributed by atoms with Crippen LogP contribution < -0.4 is 15.2 Å². The van der Waals surface area contributed by atoms with Crippen molar-refractivity contribution in [3.05, 3.63) is 23.3 Å². The lowest BCUT2D eigenvalue weighted by molar-refractivity contribution is -0.137. The third kappa shape index (κ3) is 3.80. The summed E-state index contributed by atoms with van der Waals surface area (Å²) < 4.78 is 36.2. The molecule has 5 nitrogen and oxygen atoms in total. The van der Waals surface area contributed by atoms with Gasteiger partial charge in [0.25, 0.3) is 6.43 Å². The monoisotopic (exact) mass is 289 g/mol. The molecule has 0 heterocycles. The summed E-state index contributed by atoms with van der Waals surface area (Å²) in [5.74, 6) is -0.575. The van der Waals surface area contributed by atoms with Crippen molar-refractivity contribution in [2.45, 2.75) is 25.3 Å². The molecule has 1 atom stereocenters. The quantitative estimate of drug-likeness (QED) is 0.806. The Bertz CT molecular complexity index is 480. The smallest absolute Gasteiger partial charge is 0.303 e. The Balaban J connectivity index is 3.17. The van der Waals surface area contributed by atoms with Gasteiger partial charge in [0.15, 0.2) is 11.5 Å². The maximum atomic E-state index is 13.1. The number of aliphatic carboxylic acids is 1. The fraction of sp³-hybridized carbons (Fsp3) is 0.462. The number of halogens is 2. The highest BCUT2D eigenvalue weighted by atomic mass is 19.3. The second kappa shape index (κ2) is 7.04. The molecule has 1 rings (SSSR count). The third-order valence-corrected chi connectivity index (χ3v) is 2.89. The highest BCUT2D eigenvalue weighted by Gasteiger charge is 2.22. The normalized spacial score (nSPS) is 12.3. The van der Waals surface area contributed by atoms with Crippen LogP contribution in [-0.2, 0) is 4.79 Å². The van der Waals surface area contributed by atoms with E-state index in [1.54, 1.807) is 0 Å². The highest BCUT2D eigenvalue weighted by Crippen LogP contribution is 2.37. The van der Waals surface area contributed by atoms with Gasteiger partial charge in [-0.1, -0.05) is 0 Å². The topological polar surface area (TPSA) is 81.8 Å². The number of hydrogen-bond donors (Lipinski definition) is 2. The number of carbonyl (C=O) groups is 1. The van der Waals surface area contributed by atoms with E-state index in [0.717, 1.165) is 0 Å². The Labute approximate surface area is 115 Å². The summed E-state index contributed by atoms with van der Waals surface area (Å²) in [6, 6.07) is 1.72. The van der Waals surface area contributed by atoms with Crippen LogP contribution in [0.1, 0.15) is 36.4 Å². The van der Waals surface area contributed by atoms with Gasteiger partial charge in [-0.05, 0) is 24.1 Å². The number of benzene rings is 1. The molecular weight excluding hydrogens is 272 g/mol. The molecule has 0 aliphatic heterocycles. The zero-order valence-corrected chi connectivity index (χ0v) is 11.2. The van der Waals surface area contributed by atoms with Gasteiger partial charge in [0.05, 0.1) is 14.2 Å². The van der Waals surface area contributed by atoms with Gasteiger partial charge in [-0.25, -0.2) is 8.78 Å². The molecule has 20 heavy (non-hydrogen) atoms. The van der Waals surface area contributed by atoms with Crippen molar-refractivity contribution in [2.24, 2.45) is 5.73 Å². The molecule has 0 aromatic heterocycles. The van der Waals surface area contributed by atoms with Crippen LogP contribution in [0.3, 0.4) is 0 Å². The van der Waals surface area contributed by atoms with Gasteiger partial charge >= 0.3 is 5.97 Å². The minimum Gasteiger partial charge on any atom is -0.493 e. The number of alkyl halides is 2. The minimum absolute atomic E-state index is 0.0601. The molecule has 1 aromatic rings. The van der Waals surface area contributed by atoms with Gasteiger partial charge < -0.3 is 20.3 Å². The molecule has 0 bridgehead atoms. The molecule has 0 radical (unpaired) electrons. The van der Waals surface area contributed by atoms with E-state index < -0.39 is 18.4 Å². The second-order valence-electron chi connectivity index (χ2n) is 4.18. The standard InChI is InChI=1S/C13H17F2NO4/c1-19-10-5-7(9(16)3-4-12(17)18)8(13(14)15)6-11(10)20-2/h5-6,9,13H,3-4,16H2,1-2H3,(H,17,18). The molecule has 0 aliphatic carbocycles. The van der Waals surface area contributed by atoms with E-state index in [9.17, 15) is 13.6 Å². The van der Waals surface area contributed by atoms with Crippen LogP contribution in [0, 0.1) is 0 Å². The van der Waals surface area contributed by atoms with Crippen LogP contribution in [0.4, 0.5) is 8.78 Å². The van der Waals surface area contributed by atoms with E-state index in [1.807, 2.05) is 0 Å². The Hall–Kier alpha value is -1.89. The van der Waals surface area contributed by atoms with E-state index in [-0.39, 0.29) is 35.5 Å². The summed E-state index contributed by atoms with van der Waals surface area (Å²) in [7, 11) is 2.73. The first-order chi connectivity index (χ1) is 9.40. The molecule has 0 spiro atoms. The average Bonchev–Trinajstić information content (AvgIpc) is 2.42. The first-order valence-corrected chi connectivity index (χ1v) is 5.92. The van der Waals surface area contributed by atoms with E-state index in [1.165, 1.54) is 26.4 Å². The molecule has 7 heteroatoms. The maximum Gasteiger partial charge on any atom is 0.303 e. The second-order valence-corrected chi connectivity index (χ2v) is 4.18. The van der Waals surface area contributed by atoms with Crippen molar-refractivity contribution >= 4 is 5.97 Å². The molecular formula is C13H17F2NO4. The molecule has 0 fully saturated rings. The van der Waals surface area contributed by atoms with Gasteiger partial charge in [0, 0.05) is 18.0 Å². The Morgan fingerprint density at radius 3 is 2.15 bits per heavy atom. The molecule has 0 saturated heterocycles. The summed E-state index contributed by atoms with van der Waals surface area (Å²) in [5, 5.41) is 8.62. The Morgan fingerprint density at radius 1 is 1.25 bits per heavy atom. The third-order valence-electron chi connectivity index (χ3n) is 2.89. The number of carboxylic acid groups (broad SMARTS) is 1. The van der Waals surface area contributed by atoms with E-state index in [4.69, 9.17) is 20.3 Å². The fourth-order valence-electron chi connectivity index (χ4n) is 1.86. The van der Waals surface area contributed by atoms with Gasteiger partial charge in [-0.15, -0.1) is 0 Å². The van der Waals surface area contributed by atoms with E-state index in [0.29, 0.717) is 0 Å². The van der Waals surface area contributed by atoms with Crippen molar-refractivity contribution in [1.82, 2.24) is 0 Å². The highest BCUT2D eigenvalue weighted by molar-refractivity contribution is 5.66. The number of ether oxygens (including phenoxy) is 2. The van der Waals surface area contributed by atoms with E-state index in [2.05, 4.69) is 0 Å². The molecule has 112 valence electrons. The summed E-state index contributed by atoms with van der Waals surface area (Å²) >= 11 is 0. The van der Waals surface area contributed by atoms with Crippen LogP contribution in [0.2, 0.25) is 0 Å². The minimum atomic E-state index is -2.74. The van der Waals surface area contributed by atoms with Crippen LogP contribution >= 0.6 is 0 Å². The fourth-order valence-corrected chi connectivity index (χ4v) is 1.86. The lowest BCUT2D eigenvalue weighted by Gasteiger charge is -2.18. The van der Waals surface area contributed by atoms with Crippen molar-refractivity contribution < 1.29 is 28.2 Å². The largest absolute Gasteiger partial charge is 0.493 e. The first-order valence-electron chi connectivity index (χ1n) is 5.92. The SMILES string of the molecule is COc1cc(C(F)F)c(C(N)CCC(=O)O)cc1OC. The van der Waals surface area contributed by atoms with Crippen molar-refractivity contribution in [2.75, 3.05) is 14.2 Å². The lowest BCUT2D eigenvalue weighted by atomic mass is 9.96. The number of rotatable bonds is 7. The number of nitrogens with two attached hydrogens (primary N) is 1. The van der Waals surface area contributed by atoms with Gasteiger partial charge in [0.1, 0.15) is 0 Å². The van der Waals surface area contributed by atoms with Crippen molar-refractivity contribution in [3.8, 4) is 11.5 Å². The summed E-state index contributed by atoms with van der Waals surface area (Å²) in [4.78, 5) is 10.5.